The first kappa shape index (κ1) is 28.6. The minimum Gasteiger partial charge on any atom is -0.393 e. The largest absolute Gasteiger partial charge is 0.393 e. The van der Waals surface area contributed by atoms with E-state index in [-0.39, 0.29) is 24.2 Å². The summed E-state index contributed by atoms with van der Waals surface area (Å²) in [6.45, 7) is 6.27. The molecule has 2 aromatic carbocycles. The number of carbonyl (C=O) groups is 4. The van der Waals surface area contributed by atoms with Crippen molar-refractivity contribution in [3.8, 4) is 0 Å². The van der Waals surface area contributed by atoms with E-state index in [1.807, 2.05) is 6.07 Å². The number of piperazine rings is 1. The Morgan fingerprint density at radius 2 is 1.49 bits per heavy atom. The minimum absolute atomic E-state index is 0.0652. The summed E-state index contributed by atoms with van der Waals surface area (Å²) in [5, 5.41) is 13.3. The molecule has 0 radical (unpaired) electrons. The molecule has 1 atom stereocenters. The maximum absolute atomic E-state index is 13.2. The van der Waals surface area contributed by atoms with Gasteiger partial charge in [0.05, 0.1) is 16.1 Å². The molecule has 0 spiro atoms. The molecule has 4 amide bonds. The maximum atomic E-state index is 13.2. The summed E-state index contributed by atoms with van der Waals surface area (Å²) in [7, 11) is 0. The van der Waals surface area contributed by atoms with Crippen molar-refractivity contribution in [2.75, 3.05) is 61.3 Å². The summed E-state index contributed by atoms with van der Waals surface area (Å²) in [5.74, 6) is -1.37. The zero-order chi connectivity index (χ0) is 30.2. The Hall–Kier alpha value is -4.52. The van der Waals surface area contributed by atoms with Gasteiger partial charge in [-0.05, 0) is 68.5 Å². The number of nitro benzene ring substituents is 1. The Bertz CT molecular complexity index is 1480. The molecule has 2 aromatic rings. The lowest BCUT2D eigenvalue weighted by atomic mass is 9.92. The molecule has 3 N–H and O–H groups in total. The molecule has 13 nitrogen and oxygen atoms in total. The van der Waals surface area contributed by atoms with Crippen LogP contribution < -0.4 is 20.9 Å². The second-order valence-electron chi connectivity index (χ2n) is 11.7. The van der Waals surface area contributed by atoms with Crippen LogP contribution in [0.5, 0.6) is 0 Å². The van der Waals surface area contributed by atoms with E-state index in [0.29, 0.717) is 17.0 Å². The van der Waals surface area contributed by atoms with E-state index < -0.39 is 34.6 Å². The maximum Gasteiger partial charge on any atom is 0.292 e. The molecule has 226 valence electrons. The molecular formula is C30H35N7O6. The summed E-state index contributed by atoms with van der Waals surface area (Å²) >= 11 is 0. The zero-order valence-corrected chi connectivity index (χ0v) is 23.9. The van der Waals surface area contributed by atoms with Crippen molar-refractivity contribution in [3.05, 3.63) is 57.6 Å². The highest BCUT2D eigenvalue weighted by atomic mass is 16.6. The third-order valence-electron chi connectivity index (χ3n) is 9.20. The van der Waals surface area contributed by atoms with Crippen LogP contribution in [0, 0.1) is 16.0 Å². The fourth-order valence-corrected chi connectivity index (χ4v) is 6.64. The molecule has 4 heterocycles. The highest BCUT2D eigenvalue weighted by Crippen LogP contribution is 2.33. The number of rotatable bonds is 7. The van der Waals surface area contributed by atoms with Gasteiger partial charge < -0.3 is 15.5 Å². The molecule has 0 saturated carbocycles. The number of fused-ring (bicyclic) bond motifs is 1. The first-order valence-corrected chi connectivity index (χ1v) is 14.8. The fourth-order valence-electron chi connectivity index (χ4n) is 6.64. The van der Waals surface area contributed by atoms with Gasteiger partial charge >= 0.3 is 0 Å². The van der Waals surface area contributed by atoms with Gasteiger partial charge in [0.2, 0.25) is 11.8 Å². The first-order valence-electron chi connectivity index (χ1n) is 14.8. The predicted octanol–water partition coefficient (Wildman–Crippen LogP) is 2.01. The van der Waals surface area contributed by atoms with Crippen LogP contribution in [0.1, 0.15) is 52.8 Å². The number of nitrogens with two attached hydrogens (primary N) is 1. The number of nitro groups is 1. The van der Waals surface area contributed by atoms with Crippen molar-refractivity contribution in [2.45, 2.75) is 38.1 Å². The number of imide groups is 2. The number of nitrogens with one attached hydrogen (secondary N) is 1. The molecule has 0 aliphatic carbocycles. The van der Waals surface area contributed by atoms with Gasteiger partial charge in [-0.1, -0.05) is 0 Å². The molecular weight excluding hydrogens is 554 g/mol. The molecule has 3 saturated heterocycles. The van der Waals surface area contributed by atoms with Gasteiger partial charge in [-0.25, -0.2) is 0 Å². The SMILES string of the molecule is Nc1cc(N2CCN(CCC3CCN(c4ccc5c(c4)C(=O)N(C4CCC(=O)NC4=O)C5=O)CC3)CC2)ccc1[N+](=O)[O-]. The van der Waals surface area contributed by atoms with Crippen molar-refractivity contribution >= 4 is 46.4 Å². The van der Waals surface area contributed by atoms with Crippen LogP contribution in [0.3, 0.4) is 0 Å². The first-order chi connectivity index (χ1) is 20.7. The van der Waals surface area contributed by atoms with Gasteiger partial charge in [-0.15, -0.1) is 0 Å². The van der Waals surface area contributed by atoms with Crippen LogP contribution in [0.15, 0.2) is 36.4 Å². The van der Waals surface area contributed by atoms with Crippen molar-refractivity contribution in [1.29, 1.82) is 0 Å². The van der Waals surface area contributed by atoms with E-state index >= 15 is 0 Å². The highest BCUT2D eigenvalue weighted by Gasteiger charge is 2.44. The van der Waals surface area contributed by atoms with Gasteiger partial charge in [-0.2, -0.15) is 0 Å². The van der Waals surface area contributed by atoms with Gasteiger partial charge in [-0.3, -0.25) is 44.4 Å². The monoisotopic (exact) mass is 589 g/mol. The molecule has 3 fully saturated rings. The standard InChI is InChI=1S/C30H35N7O6/c31-24-18-21(2-4-25(24)37(42)43)35-15-13-33(14-16-35)10-7-19-8-11-34(12-9-19)20-1-3-22-23(17-20)30(41)36(29(22)40)26-5-6-27(38)32-28(26)39/h1-4,17-19,26H,5-16,31H2,(H,32,38,39). The van der Waals surface area contributed by atoms with E-state index in [1.165, 1.54) is 6.07 Å². The normalized spacial score (nSPS) is 21.8. The van der Waals surface area contributed by atoms with Crippen molar-refractivity contribution in [3.63, 3.8) is 0 Å². The number of carbonyl (C=O) groups excluding carboxylic acids is 4. The predicted molar refractivity (Wildman–Crippen MR) is 159 cm³/mol. The summed E-state index contributed by atoms with van der Waals surface area (Å²) in [6.07, 6.45) is 3.41. The minimum atomic E-state index is -0.964. The van der Waals surface area contributed by atoms with Crippen molar-refractivity contribution in [1.82, 2.24) is 15.1 Å². The van der Waals surface area contributed by atoms with Crippen LogP contribution in [0.25, 0.3) is 0 Å². The number of benzene rings is 2. The lowest BCUT2D eigenvalue weighted by Gasteiger charge is -2.38. The van der Waals surface area contributed by atoms with Crippen LogP contribution in [0.2, 0.25) is 0 Å². The number of anilines is 3. The third-order valence-corrected chi connectivity index (χ3v) is 9.20. The lowest BCUT2D eigenvalue weighted by Crippen LogP contribution is -2.54. The Morgan fingerprint density at radius 3 is 2.16 bits per heavy atom. The molecule has 1 unspecified atom stereocenters. The van der Waals surface area contributed by atoms with Crippen molar-refractivity contribution < 1.29 is 24.1 Å². The average molecular weight is 590 g/mol. The smallest absolute Gasteiger partial charge is 0.292 e. The van der Waals surface area contributed by atoms with Crippen LogP contribution >= 0.6 is 0 Å². The van der Waals surface area contributed by atoms with Crippen molar-refractivity contribution in [2.24, 2.45) is 5.92 Å². The summed E-state index contributed by atoms with van der Waals surface area (Å²) < 4.78 is 0. The lowest BCUT2D eigenvalue weighted by molar-refractivity contribution is -0.383. The van der Waals surface area contributed by atoms with E-state index in [2.05, 4.69) is 20.0 Å². The van der Waals surface area contributed by atoms with Gasteiger partial charge in [0.15, 0.2) is 0 Å². The molecule has 4 aliphatic heterocycles. The Kier molecular flexibility index (Phi) is 7.74. The Balaban J connectivity index is 0.979. The number of piperidine rings is 2. The number of hydrogen-bond acceptors (Lipinski definition) is 10. The second-order valence-corrected chi connectivity index (χ2v) is 11.7. The quantitative estimate of drug-likeness (QED) is 0.211. The molecule has 0 bridgehead atoms. The zero-order valence-electron chi connectivity index (χ0n) is 23.9. The average Bonchev–Trinajstić information content (AvgIpc) is 3.25. The molecule has 4 aliphatic rings. The number of nitrogen functional groups attached to an aromatic ring is 1. The molecule has 0 aromatic heterocycles. The van der Waals surface area contributed by atoms with Gasteiger partial charge in [0.25, 0.3) is 17.5 Å². The van der Waals surface area contributed by atoms with Crippen LogP contribution in [-0.4, -0.2) is 90.2 Å². The Morgan fingerprint density at radius 1 is 0.837 bits per heavy atom. The van der Waals surface area contributed by atoms with E-state index in [1.54, 1.807) is 24.3 Å². The third kappa shape index (κ3) is 5.64. The topological polar surface area (TPSA) is 162 Å². The summed E-state index contributed by atoms with van der Waals surface area (Å²) in [5.41, 5.74) is 8.41. The van der Waals surface area contributed by atoms with Gasteiger partial charge in [0.1, 0.15) is 11.7 Å². The molecule has 13 heteroatoms. The molecule has 6 rings (SSSR count). The van der Waals surface area contributed by atoms with E-state index in [9.17, 15) is 29.3 Å². The number of nitrogens with zero attached hydrogens (tertiary/aromatic N) is 5. The molecule has 43 heavy (non-hydrogen) atoms. The fraction of sp³-hybridized carbons (Fsp3) is 0.467. The van der Waals surface area contributed by atoms with Crippen LogP contribution in [0.4, 0.5) is 22.7 Å². The van der Waals surface area contributed by atoms with Crippen LogP contribution in [-0.2, 0) is 9.59 Å². The van der Waals surface area contributed by atoms with E-state index in [0.717, 1.165) is 81.4 Å². The van der Waals surface area contributed by atoms with E-state index in [4.69, 9.17) is 5.73 Å². The summed E-state index contributed by atoms with van der Waals surface area (Å²) in [4.78, 5) is 68.6. The highest BCUT2D eigenvalue weighted by molar-refractivity contribution is 6.23. The Labute approximate surface area is 248 Å². The number of amides is 4. The van der Waals surface area contributed by atoms with Gasteiger partial charge in [0, 0.05) is 63.1 Å². The second kappa shape index (κ2) is 11.6. The summed E-state index contributed by atoms with van der Waals surface area (Å²) in [6, 6.07) is 9.27. The number of hydrogen-bond donors (Lipinski definition) is 2.